The van der Waals surface area contributed by atoms with Crippen LogP contribution in [-0.4, -0.2) is 35.5 Å². The fraction of sp³-hybridized carbons (Fsp3) is 0.692. The minimum Gasteiger partial charge on any atom is -0.355 e. The molecule has 7 heteroatoms. The molecule has 0 amide bonds. The van der Waals surface area contributed by atoms with E-state index in [1.165, 1.54) is 23.5 Å². The summed E-state index contributed by atoms with van der Waals surface area (Å²) in [4.78, 5) is 10.1. The number of hydrogen-bond donors (Lipinski definition) is 2. The van der Waals surface area contributed by atoms with Gasteiger partial charge in [0, 0.05) is 23.7 Å². The quantitative estimate of drug-likeness (QED) is 0.442. The van der Waals surface area contributed by atoms with E-state index in [1.807, 2.05) is 7.05 Å². The van der Waals surface area contributed by atoms with Gasteiger partial charge in [-0.1, -0.05) is 0 Å². The van der Waals surface area contributed by atoms with Crippen LogP contribution in [0.4, 0.5) is 0 Å². The van der Waals surface area contributed by atoms with Crippen LogP contribution in [0.25, 0.3) is 0 Å². The van der Waals surface area contributed by atoms with Gasteiger partial charge in [-0.3, -0.25) is 4.99 Å². The molecule has 0 bridgehead atoms. The molecule has 0 aliphatic carbocycles. The smallest absolute Gasteiger partial charge is 0.191 e. The third kappa shape index (κ3) is 5.40. The first-order valence-electron chi connectivity index (χ1n) is 6.68. The van der Waals surface area contributed by atoms with Crippen LogP contribution in [0, 0.1) is 13.8 Å². The van der Waals surface area contributed by atoms with E-state index in [9.17, 15) is 0 Å². The number of thiazole rings is 1. The highest BCUT2D eigenvalue weighted by molar-refractivity contribution is 14.0. The van der Waals surface area contributed by atoms with Crippen molar-refractivity contribution in [2.75, 3.05) is 19.3 Å². The van der Waals surface area contributed by atoms with E-state index in [0.29, 0.717) is 0 Å². The number of guanidine groups is 1. The molecular weight excluding hydrogens is 403 g/mol. The maximum absolute atomic E-state index is 4.52. The molecule has 4 nitrogen and oxygen atoms in total. The number of aryl methyl sites for hydroxylation is 2. The summed E-state index contributed by atoms with van der Waals surface area (Å²) < 4.78 is 0. The number of aliphatic imine (C=N–C) groups is 1. The van der Waals surface area contributed by atoms with Crippen LogP contribution in [-0.2, 0) is 6.54 Å². The van der Waals surface area contributed by atoms with Crippen LogP contribution in [0.2, 0.25) is 0 Å². The Hall–Kier alpha value is -0.0200. The third-order valence-corrected chi connectivity index (χ3v) is 5.70. The summed E-state index contributed by atoms with van der Waals surface area (Å²) >= 11 is 3.81. The molecule has 1 fully saturated rings. The average molecular weight is 426 g/mol. The largest absolute Gasteiger partial charge is 0.355 e. The Morgan fingerprint density at radius 2 is 2.20 bits per heavy atom. The van der Waals surface area contributed by atoms with Crippen molar-refractivity contribution in [3.63, 3.8) is 0 Å². The number of nitrogens with zero attached hydrogens (tertiary/aromatic N) is 2. The second-order valence-corrected chi connectivity index (χ2v) is 7.39. The van der Waals surface area contributed by atoms with Gasteiger partial charge in [-0.2, -0.15) is 11.8 Å². The minimum atomic E-state index is 0. The summed E-state index contributed by atoms with van der Waals surface area (Å²) in [7, 11) is 1.81. The predicted molar refractivity (Wildman–Crippen MR) is 101 cm³/mol. The molecule has 114 valence electrons. The van der Waals surface area contributed by atoms with Gasteiger partial charge in [0.15, 0.2) is 5.96 Å². The molecule has 20 heavy (non-hydrogen) atoms. The normalized spacial score (nSPS) is 18.8. The molecule has 0 aromatic carbocycles. The van der Waals surface area contributed by atoms with Crippen molar-refractivity contribution < 1.29 is 0 Å². The second-order valence-electron chi connectivity index (χ2n) is 4.69. The molecule has 1 aromatic rings. The number of halogens is 1. The zero-order valence-electron chi connectivity index (χ0n) is 12.2. The number of thioether (sulfide) groups is 1. The van der Waals surface area contributed by atoms with Crippen molar-refractivity contribution in [1.29, 1.82) is 0 Å². The van der Waals surface area contributed by atoms with Crippen molar-refractivity contribution in [2.24, 2.45) is 4.99 Å². The predicted octanol–water partition coefficient (Wildman–Crippen LogP) is 2.94. The first kappa shape index (κ1) is 18.0. The Labute approximate surface area is 146 Å². The molecule has 1 aliphatic rings. The topological polar surface area (TPSA) is 49.3 Å². The van der Waals surface area contributed by atoms with Crippen molar-refractivity contribution in [2.45, 2.75) is 38.5 Å². The average Bonchev–Trinajstić information content (AvgIpc) is 3.01. The highest BCUT2D eigenvalue weighted by atomic mass is 127. The fourth-order valence-electron chi connectivity index (χ4n) is 2.01. The SMILES string of the molecule is CN=C(NCc1nc(C)c(C)s1)NCC1CCCS1.I. The molecule has 1 unspecified atom stereocenters. The Bertz CT molecular complexity index is 422. The van der Waals surface area contributed by atoms with E-state index < -0.39 is 0 Å². The van der Waals surface area contributed by atoms with Gasteiger partial charge in [-0.15, -0.1) is 35.3 Å². The number of hydrogen-bond acceptors (Lipinski definition) is 4. The monoisotopic (exact) mass is 426 g/mol. The number of aromatic nitrogens is 1. The molecule has 2 N–H and O–H groups in total. The van der Waals surface area contributed by atoms with E-state index in [4.69, 9.17) is 0 Å². The molecule has 0 saturated carbocycles. The molecule has 0 radical (unpaired) electrons. The second kappa shape index (κ2) is 9.09. The highest BCUT2D eigenvalue weighted by Crippen LogP contribution is 2.25. The molecule has 1 atom stereocenters. The van der Waals surface area contributed by atoms with E-state index in [2.05, 4.69) is 46.2 Å². The van der Waals surface area contributed by atoms with Crippen molar-refractivity contribution >= 4 is 53.0 Å². The summed E-state index contributed by atoms with van der Waals surface area (Å²) in [6.45, 7) is 5.91. The molecule has 1 aromatic heterocycles. The number of nitrogens with one attached hydrogen (secondary N) is 2. The molecule has 2 rings (SSSR count). The minimum absolute atomic E-state index is 0. The summed E-state index contributed by atoms with van der Waals surface area (Å²) in [6, 6.07) is 0. The lowest BCUT2D eigenvalue weighted by Gasteiger charge is -2.14. The van der Waals surface area contributed by atoms with Gasteiger partial charge < -0.3 is 10.6 Å². The van der Waals surface area contributed by atoms with E-state index in [-0.39, 0.29) is 24.0 Å². The van der Waals surface area contributed by atoms with E-state index in [1.54, 1.807) is 11.3 Å². The van der Waals surface area contributed by atoms with Gasteiger partial charge in [0.1, 0.15) is 5.01 Å². The Morgan fingerprint density at radius 3 is 2.75 bits per heavy atom. The lowest BCUT2D eigenvalue weighted by Crippen LogP contribution is -2.39. The molecule has 1 aliphatic heterocycles. The van der Waals surface area contributed by atoms with Gasteiger partial charge in [-0.25, -0.2) is 4.98 Å². The summed E-state index contributed by atoms with van der Waals surface area (Å²) in [5, 5.41) is 8.58. The van der Waals surface area contributed by atoms with Crippen molar-refractivity contribution in [3.8, 4) is 0 Å². The number of rotatable bonds is 4. The van der Waals surface area contributed by atoms with Gasteiger partial charge >= 0.3 is 0 Å². The first-order chi connectivity index (χ1) is 9.19. The Balaban J connectivity index is 0.00000200. The first-order valence-corrected chi connectivity index (χ1v) is 8.54. The molecule has 0 spiro atoms. The van der Waals surface area contributed by atoms with Crippen LogP contribution in [0.1, 0.15) is 28.4 Å². The van der Waals surface area contributed by atoms with Crippen LogP contribution in [0.15, 0.2) is 4.99 Å². The molecule has 2 heterocycles. The Kier molecular flexibility index (Phi) is 8.20. The van der Waals surface area contributed by atoms with E-state index >= 15 is 0 Å². The van der Waals surface area contributed by atoms with Crippen molar-refractivity contribution in [1.82, 2.24) is 15.6 Å². The summed E-state index contributed by atoms with van der Waals surface area (Å²) in [6.07, 6.45) is 2.67. The zero-order chi connectivity index (χ0) is 13.7. The van der Waals surface area contributed by atoms with Gasteiger partial charge in [0.05, 0.1) is 12.2 Å². The van der Waals surface area contributed by atoms with Gasteiger partial charge in [0.25, 0.3) is 0 Å². The lowest BCUT2D eigenvalue weighted by molar-refractivity contribution is 0.725. The third-order valence-electron chi connectivity index (χ3n) is 3.22. The standard InChI is InChI=1S/C13H22N4S2.HI/c1-9-10(2)19-12(17-9)8-16-13(14-3)15-7-11-5-4-6-18-11;/h11H,4-8H2,1-3H3,(H2,14,15,16);1H. The maximum atomic E-state index is 4.52. The zero-order valence-corrected chi connectivity index (χ0v) is 16.2. The summed E-state index contributed by atoms with van der Waals surface area (Å²) in [5.74, 6) is 2.17. The highest BCUT2D eigenvalue weighted by Gasteiger charge is 2.15. The van der Waals surface area contributed by atoms with Crippen LogP contribution in [0.3, 0.4) is 0 Å². The fourth-order valence-corrected chi connectivity index (χ4v) is 4.09. The van der Waals surface area contributed by atoms with Crippen LogP contribution < -0.4 is 10.6 Å². The Morgan fingerprint density at radius 1 is 1.40 bits per heavy atom. The van der Waals surface area contributed by atoms with Crippen molar-refractivity contribution in [3.05, 3.63) is 15.6 Å². The van der Waals surface area contributed by atoms with E-state index in [0.717, 1.165) is 35.0 Å². The van der Waals surface area contributed by atoms with Crippen LogP contribution >= 0.6 is 47.1 Å². The molecule has 1 saturated heterocycles. The summed E-state index contributed by atoms with van der Waals surface area (Å²) in [5.41, 5.74) is 1.13. The van der Waals surface area contributed by atoms with Gasteiger partial charge in [-0.05, 0) is 32.4 Å². The van der Waals surface area contributed by atoms with Crippen LogP contribution in [0.5, 0.6) is 0 Å². The maximum Gasteiger partial charge on any atom is 0.191 e. The molecular formula is C13H23IN4S2. The van der Waals surface area contributed by atoms with Gasteiger partial charge in [0.2, 0.25) is 0 Å². The lowest BCUT2D eigenvalue weighted by atomic mass is 10.2.